The number of hydrogen-bond acceptors (Lipinski definition) is 2. The fourth-order valence-corrected chi connectivity index (χ4v) is 2.76. The molecule has 0 aromatic heterocycles. The van der Waals surface area contributed by atoms with E-state index in [1.807, 2.05) is 25.1 Å². The number of aliphatic hydroxyl groups excluding tert-OH is 1. The van der Waals surface area contributed by atoms with Crippen molar-refractivity contribution in [2.45, 2.75) is 25.6 Å². The van der Waals surface area contributed by atoms with E-state index in [4.69, 9.17) is 0 Å². The minimum atomic E-state index is -0.663. The van der Waals surface area contributed by atoms with E-state index in [-0.39, 0.29) is 11.9 Å². The topological polar surface area (TPSA) is 32.3 Å². The van der Waals surface area contributed by atoms with Crippen LogP contribution in [0, 0.1) is 12.7 Å². The summed E-state index contributed by atoms with van der Waals surface area (Å²) < 4.78 is 13.1. The zero-order chi connectivity index (χ0) is 13.4. The Hall–Kier alpha value is -1.71. The van der Waals surface area contributed by atoms with E-state index in [0.29, 0.717) is 0 Å². The third-order valence-corrected chi connectivity index (χ3v) is 3.77. The van der Waals surface area contributed by atoms with E-state index in [9.17, 15) is 9.50 Å². The van der Waals surface area contributed by atoms with Gasteiger partial charge in [0, 0.05) is 6.54 Å². The van der Waals surface area contributed by atoms with Crippen LogP contribution in [-0.4, -0.2) is 5.11 Å². The normalized spacial score (nSPS) is 19.2. The lowest BCUT2D eigenvalue weighted by Gasteiger charge is -2.21. The number of aliphatic hydroxyl groups is 1. The maximum atomic E-state index is 13.1. The third-order valence-electron chi connectivity index (χ3n) is 3.77. The van der Waals surface area contributed by atoms with Gasteiger partial charge < -0.3 is 10.4 Å². The molecule has 98 valence electrons. The van der Waals surface area contributed by atoms with Crippen molar-refractivity contribution in [3.8, 4) is 0 Å². The van der Waals surface area contributed by atoms with Crippen molar-refractivity contribution in [3.05, 3.63) is 70.5 Å². The van der Waals surface area contributed by atoms with E-state index >= 15 is 0 Å². The Labute approximate surface area is 111 Å². The van der Waals surface area contributed by atoms with Crippen LogP contribution in [0.4, 0.5) is 4.39 Å². The van der Waals surface area contributed by atoms with Crippen LogP contribution in [0.25, 0.3) is 0 Å². The number of nitrogens with one attached hydrogen (secondary N) is 1. The molecule has 19 heavy (non-hydrogen) atoms. The summed E-state index contributed by atoms with van der Waals surface area (Å²) >= 11 is 0. The zero-order valence-corrected chi connectivity index (χ0v) is 10.7. The molecular weight excluding hydrogens is 241 g/mol. The van der Waals surface area contributed by atoms with Crippen LogP contribution >= 0.6 is 0 Å². The van der Waals surface area contributed by atoms with E-state index in [0.717, 1.165) is 23.2 Å². The Bertz CT molecular complexity index is 611. The third kappa shape index (κ3) is 2.15. The van der Waals surface area contributed by atoms with Crippen molar-refractivity contribution in [2.24, 2.45) is 0 Å². The Morgan fingerprint density at radius 3 is 2.84 bits per heavy atom. The first-order valence-corrected chi connectivity index (χ1v) is 6.42. The predicted octanol–water partition coefficient (Wildman–Crippen LogP) is 3.01. The molecule has 3 rings (SSSR count). The maximum absolute atomic E-state index is 13.1. The monoisotopic (exact) mass is 257 g/mol. The van der Waals surface area contributed by atoms with Crippen LogP contribution in [0.2, 0.25) is 0 Å². The Balaban J connectivity index is 1.95. The second kappa shape index (κ2) is 4.76. The van der Waals surface area contributed by atoms with E-state index < -0.39 is 6.10 Å². The predicted molar refractivity (Wildman–Crippen MR) is 72.1 cm³/mol. The maximum Gasteiger partial charge on any atom is 0.123 e. The molecule has 1 aliphatic rings. The van der Waals surface area contributed by atoms with Gasteiger partial charge >= 0.3 is 0 Å². The zero-order valence-electron chi connectivity index (χ0n) is 10.7. The molecule has 1 aliphatic heterocycles. The molecule has 2 atom stereocenters. The van der Waals surface area contributed by atoms with Gasteiger partial charge in [0.25, 0.3) is 0 Å². The van der Waals surface area contributed by atoms with E-state index in [1.54, 1.807) is 6.07 Å². The second-order valence-electron chi connectivity index (χ2n) is 5.00. The van der Waals surface area contributed by atoms with Crippen LogP contribution in [0.15, 0.2) is 42.5 Å². The number of fused-ring (bicyclic) bond motifs is 1. The number of aryl methyl sites for hydroxylation is 1. The van der Waals surface area contributed by atoms with Gasteiger partial charge in [-0.25, -0.2) is 4.39 Å². The summed E-state index contributed by atoms with van der Waals surface area (Å²) in [5.41, 5.74) is 3.89. The molecule has 2 N–H and O–H groups in total. The SMILES string of the molecule is Cc1cc(F)ccc1C(O)C1NCc2ccccc21. The van der Waals surface area contributed by atoms with Crippen molar-refractivity contribution in [1.82, 2.24) is 5.32 Å². The second-order valence-corrected chi connectivity index (χ2v) is 5.00. The van der Waals surface area contributed by atoms with Gasteiger partial charge in [0.2, 0.25) is 0 Å². The number of rotatable bonds is 2. The molecule has 2 aromatic carbocycles. The lowest BCUT2D eigenvalue weighted by molar-refractivity contribution is 0.133. The molecule has 2 nitrogen and oxygen atoms in total. The van der Waals surface area contributed by atoms with Gasteiger partial charge in [0.1, 0.15) is 5.82 Å². The summed E-state index contributed by atoms with van der Waals surface area (Å²) in [7, 11) is 0. The van der Waals surface area contributed by atoms with Gasteiger partial charge in [-0.2, -0.15) is 0 Å². The Morgan fingerprint density at radius 1 is 1.26 bits per heavy atom. The van der Waals surface area contributed by atoms with Crippen LogP contribution in [0.5, 0.6) is 0 Å². The average molecular weight is 257 g/mol. The molecule has 0 spiro atoms. The number of halogens is 1. The highest BCUT2D eigenvalue weighted by Crippen LogP contribution is 2.36. The van der Waals surface area contributed by atoms with Gasteiger partial charge in [0.05, 0.1) is 12.1 Å². The van der Waals surface area contributed by atoms with Crippen LogP contribution in [0.1, 0.15) is 34.4 Å². The molecule has 3 heteroatoms. The summed E-state index contributed by atoms with van der Waals surface area (Å²) in [4.78, 5) is 0. The molecular formula is C16H16FNO. The first-order chi connectivity index (χ1) is 9.16. The molecule has 0 radical (unpaired) electrons. The van der Waals surface area contributed by atoms with Crippen LogP contribution in [0.3, 0.4) is 0 Å². The highest BCUT2D eigenvalue weighted by atomic mass is 19.1. The Kier molecular flexibility index (Phi) is 3.09. The summed E-state index contributed by atoms with van der Waals surface area (Å²) in [5, 5.41) is 13.9. The van der Waals surface area contributed by atoms with Crippen molar-refractivity contribution in [3.63, 3.8) is 0 Å². The largest absolute Gasteiger partial charge is 0.386 e. The molecule has 0 saturated heterocycles. The summed E-state index contributed by atoms with van der Waals surface area (Å²) in [6.45, 7) is 2.58. The summed E-state index contributed by atoms with van der Waals surface area (Å²) in [5.74, 6) is -0.270. The van der Waals surface area contributed by atoms with E-state index in [2.05, 4.69) is 11.4 Å². The van der Waals surface area contributed by atoms with Gasteiger partial charge in [-0.15, -0.1) is 0 Å². The molecule has 0 fully saturated rings. The molecule has 2 unspecified atom stereocenters. The standard InChI is InChI=1S/C16H16FNO/c1-10-8-12(17)6-7-13(10)16(19)15-14-5-3-2-4-11(14)9-18-15/h2-8,15-16,18-19H,9H2,1H3. The van der Waals surface area contributed by atoms with Crippen molar-refractivity contribution >= 4 is 0 Å². The Morgan fingerprint density at radius 2 is 2.05 bits per heavy atom. The average Bonchev–Trinajstić information content (AvgIpc) is 2.82. The number of benzene rings is 2. The molecule has 0 amide bonds. The fraction of sp³-hybridized carbons (Fsp3) is 0.250. The quantitative estimate of drug-likeness (QED) is 0.866. The molecule has 0 aliphatic carbocycles. The highest BCUT2D eigenvalue weighted by molar-refractivity contribution is 5.38. The smallest absolute Gasteiger partial charge is 0.123 e. The molecule has 2 aromatic rings. The summed E-state index contributed by atoms with van der Waals surface area (Å²) in [6.07, 6.45) is -0.663. The lowest BCUT2D eigenvalue weighted by Crippen LogP contribution is -2.21. The highest BCUT2D eigenvalue weighted by Gasteiger charge is 2.29. The van der Waals surface area contributed by atoms with Gasteiger partial charge in [-0.05, 0) is 41.3 Å². The van der Waals surface area contributed by atoms with Crippen molar-refractivity contribution in [2.75, 3.05) is 0 Å². The number of hydrogen-bond donors (Lipinski definition) is 2. The van der Waals surface area contributed by atoms with Crippen molar-refractivity contribution < 1.29 is 9.50 Å². The molecule has 0 saturated carbocycles. The minimum absolute atomic E-state index is 0.125. The molecule has 0 bridgehead atoms. The fourth-order valence-electron chi connectivity index (χ4n) is 2.76. The first kappa shape index (κ1) is 12.3. The van der Waals surface area contributed by atoms with Crippen LogP contribution < -0.4 is 5.32 Å². The van der Waals surface area contributed by atoms with Crippen molar-refractivity contribution in [1.29, 1.82) is 0 Å². The van der Waals surface area contributed by atoms with E-state index in [1.165, 1.54) is 17.7 Å². The van der Waals surface area contributed by atoms with Gasteiger partial charge in [-0.3, -0.25) is 0 Å². The summed E-state index contributed by atoms with van der Waals surface area (Å²) in [6, 6.07) is 12.5. The lowest BCUT2D eigenvalue weighted by atomic mass is 9.93. The van der Waals surface area contributed by atoms with Gasteiger partial charge in [0.15, 0.2) is 0 Å². The molecule has 1 heterocycles. The van der Waals surface area contributed by atoms with Crippen LogP contribution in [-0.2, 0) is 6.54 Å². The van der Waals surface area contributed by atoms with Gasteiger partial charge in [-0.1, -0.05) is 30.3 Å². The minimum Gasteiger partial charge on any atom is -0.386 e. The first-order valence-electron chi connectivity index (χ1n) is 6.42.